The Hall–Kier alpha value is -2.97. The standard InChI is InChI=1S/C20H23F2N3O4/c1-11(26)23-8-13-10-25(20(28)29-13)16-7-15(21)17-14(18(16)22)6-4-5-12(19(17)27)9-24(2)3/h7,9,13H,4-6,8,10H2,1-3H3,(H,23,26)/b12-9-/t13-/m0/s1. The van der Waals surface area contributed by atoms with E-state index in [-0.39, 0.29) is 42.2 Å². The van der Waals surface area contributed by atoms with Crippen LogP contribution >= 0.6 is 0 Å². The molecule has 1 atom stereocenters. The summed E-state index contributed by atoms with van der Waals surface area (Å²) in [5.41, 5.74) is -0.148. The number of anilines is 1. The lowest BCUT2D eigenvalue weighted by atomic mass is 9.97. The number of ketones is 1. The molecule has 2 amide bonds. The zero-order valence-electron chi connectivity index (χ0n) is 16.6. The predicted octanol–water partition coefficient (Wildman–Crippen LogP) is 2.39. The first-order chi connectivity index (χ1) is 13.7. The summed E-state index contributed by atoms with van der Waals surface area (Å²) in [5, 5.41) is 2.52. The number of rotatable bonds is 4. The van der Waals surface area contributed by atoms with Gasteiger partial charge in [-0.15, -0.1) is 0 Å². The highest BCUT2D eigenvalue weighted by Crippen LogP contribution is 2.35. The van der Waals surface area contributed by atoms with E-state index in [2.05, 4.69) is 5.32 Å². The molecule has 3 rings (SSSR count). The Morgan fingerprint density at radius 3 is 2.72 bits per heavy atom. The zero-order chi connectivity index (χ0) is 21.3. The second-order valence-electron chi connectivity index (χ2n) is 7.40. The molecule has 0 spiro atoms. The average molecular weight is 407 g/mol. The van der Waals surface area contributed by atoms with E-state index in [1.54, 1.807) is 25.2 Å². The highest BCUT2D eigenvalue weighted by atomic mass is 19.1. The van der Waals surface area contributed by atoms with E-state index in [4.69, 9.17) is 4.74 Å². The minimum atomic E-state index is -0.869. The van der Waals surface area contributed by atoms with E-state index in [1.807, 2.05) is 0 Å². The molecule has 1 aromatic carbocycles. The summed E-state index contributed by atoms with van der Waals surface area (Å²) >= 11 is 0. The number of Topliss-reactive ketones (excluding diaryl/α,β-unsaturated/α-hetero) is 1. The van der Waals surface area contributed by atoms with Gasteiger partial charge in [0.15, 0.2) is 11.6 Å². The molecule has 1 aliphatic carbocycles. The molecule has 0 aromatic heterocycles. The van der Waals surface area contributed by atoms with Crippen molar-refractivity contribution in [2.24, 2.45) is 0 Å². The monoisotopic (exact) mass is 407 g/mol. The molecule has 7 nitrogen and oxygen atoms in total. The zero-order valence-corrected chi connectivity index (χ0v) is 16.6. The number of allylic oxidation sites excluding steroid dienone is 1. The predicted molar refractivity (Wildman–Crippen MR) is 102 cm³/mol. The number of hydrogen-bond acceptors (Lipinski definition) is 5. The molecule has 1 N–H and O–H groups in total. The van der Waals surface area contributed by atoms with Crippen LogP contribution in [0, 0.1) is 11.6 Å². The minimum Gasteiger partial charge on any atom is -0.442 e. The number of nitrogens with one attached hydrogen (secondary N) is 1. The highest BCUT2D eigenvalue weighted by molar-refractivity contribution is 6.10. The first kappa shape index (κ1) is 20.8. The third-order valence-corrected chi connectivity index (χ3v) is 4.84. The molecule has 1 saturated heterocycles. The Balaban J connectivity index is 1.95. The van der Waals surface area contributed by atoms with Gasteiger partial charge in [0.05, 0.1) is 24.3 Å². The minimum absolute atomic E-state index is 0.0229. The van der Waals surface area contributed by atoms with E-state index in [9.17, 15) is 18.8 Å². The first-order valence-electron chi connectivity index (χ1n) is 9.34. The number of cyclic esters (lactones) is 1. The maximum absolute atomic E-state index is 15.3. The lowest BCUT2D eigenvalue weighted by Gasteiger charge is -2.18. The van der Waals surface area contributed by atoms with Gasteiger partial charge >= 0.3 is 6.09 Å². The topological polar surface area (TPSA) is 79.0 Å². The molecule has 0 saturated carbocycles. The summed E-state index contributed by atoms with van der Waals surface area (Å²) in [7, 11) is 3.50. The van der Waals surface area contributed by atoms with E-state index < -0.39 is 29.6 Å². The van der Waals surface area contributed by atoms with Crippen molar-refractivity contribution in [2.45, 2.75) is 32.3 Å². The number of benzene rings is 1. The van der Waals surface area contributed by atoms with Crippen LogP contribution in [0.1, 0.15) is 35.7 Å². The Labute approximate surface area is 167 Å². The van der Waals surface area contributed by atoms with Crippen LogP contribution in [0.4, 0.5) is 19.3 Å². The van der Waals surface area contributed by atoms with Gasteiger partial charge in [-0.25, -0.2) is 13.6 Å². The molecular weight excluding hydrogens is 384 g/mol. The van der Waals surface area contributed by atoms with E-state index in [0.717, 1.165) is 11.0 Å². The van der Waals surface area contributed by atoms with Crippen LogP contribution in [-0.4, -0.2) is 56.0 Å². The molecule has 0 bridgehead atoms. The first-order valence-corrected chi connectivity index (χ1v) is 9.34. The van der Waals surface area contributed by atoms with Crippen LogP contribution in [0.2, 0.25) is 0 Å². The lowest BCUT2D eigenvalue weighted by molar-refractivity contribution is -0.119. The fraction of sp³-hybridized carbons (Fsp3) is 0.450. The SMILES string of the molecule is CC(=O)NC[C@H]1CN(c2cc(F)c3c(c2F)CCC/C(=C/N(C)C)C3=O)C(=O)O1. The van der Waals surface area contributed by atoms with Gasteiger partial charge in [0, 0.05) is 44.4 Å². The van der Waals surface area contributed by atoms with Crippen molar-refractivity contribution in [3.63, 3.8) is 0 Å². The van der Waals surface area contributed by atoms with Gasteiger partial charge in [-0.05, 0) is 19.3 Å². The molecule has 1 fully saturated rings. The van der Waals surface area contributed by atoms with Crippen molar-refractivity contribution in [1.82, 2.24) is 10.2 Å². The second kappa shape index (κ2) is 8.18. The molecule has 156 valence electrons. The number of carbonyl (C=O) groups is 3. The third kappa shape index (κ3) is 4.23. The number of fused-ring (bicyclic) bond motifs is 1. The second-order valence-corrected chi connectivity index (χ2v) is 7.40. The summed E-state index contributed by atoms with van der Waals surface area (Å²) in [4.78, 5) is 38.7. The summed E-state index contributed by atoms with van der Waals surface area (Å²) < 4.78 is 35.3. The third-order valence-electron chi connectivity index (χ3n) is 4.84. The average Bonchev–Trinajstić information content (AvgIpc) is 2.92. The molecule has 1 heterocycles. The van der Waals surface area contributed by atoms with Crippen molar-refractivity contribution < 1.29 is 27.9 Å². The quantitative estimate of drug-likeness (QED) is 0.613. The van der Waals surface area contributed by atoms with Crippen LogP contribution < -0.4 is 10.2 Å². The van der Waals surface area contributed by atoms with Crippen LogP contribution in [0.15, 0.2) is 17.8 Å². The van der Waals surface area contributed by atoms with E-state index in [1.165, 1.54) is 6.92 Å². The van der Waals surface area contributed by atoms with Gasteiger partial charge < -0.3 is 15.0 Å². The molecule has 9 heteroatoms. The smallest absolute Gasteiger partial charge is 0.414 e. The number of hydrogen-bond donors (Lipinski definition) is 1. The van der Waals surface area contributed by atoms with Crippen LogP contribution in [0.3, 0.4) is 0 Å². The van der Waals surface area contributed by atoms with Crippen molar-refractivity contribution in [3.05, 3.63) is 40.6 Å². The fourth-order valence-electron chi connectivity index (χ4n) is 3.59. The summed E-state index contributed by atoms with van der Waals surface area (Å²) in [6.07, 6.45) is 1.18. The molecule has 2 aliphatic rings. The van der Waals surface area contributed by atoms with Gasteiger partial charge in [0.25, 0.3) is 0 Å². The Morgan fingerprint density at radius 2 is 2.07 bits per heavy atom. The van der Waals surface area contributed by atoms with Crippen molar-refractivity contribution >= 4 is 23.5 Å². The van der Waals surface area contributed by atoms with Crippen LogP contribution in [-0.2, 0) is 16.0 Å². The van der Waals surface area contributed by atoms with Crippen LogP contribution in [0.5, 0.6) is 0 Å². The Morgan fingerprint density at radius 1 is 1.34 bits per heavy atom. The molecule has 1 aliphatic heterocycles. The van der Waals surface area contributed by atoms with E-state index in [0.29, 0.717) is 18.4 Å². The van der Waals surface area contributed by atoms with Gasteiger partial charge in [-0.1, -0.05) is 0 Å². The Kier molecular flexibility index (Phi) is 5.86. The van der Waals surface area contributed by atoms with E-state index >= 15 is 4.39 Å². The number of carbonyl (C=O) groups excluding carboxylic acids is 3. The van der Waals surface area contributed by atoms with Gasteiger partial charge in [0.2, 0.25) is 5.91 Å². The molecule has 1 aromatic rings. The van der Waals surface area contributed by atoms with Crippen molar-refractivity contribution in [2.75, 3.05) is 32.1 Å². The normalized spacial score (nSPS) is 20.4. The maximum atomic E-state index is 15.3. The molecule has 0 unspecified atom stereocenters. The van der Waals surface area contributed by atoms with Crippen molar-refractivity contribution in [1.29, 1.82) is 0 Å². The molecule has 29 heavy (non-hydrogen) atoms. The van der Waals surface area contributed by atoms with Gasteiger partial charge in [0.1, 0.15) is 11.9 Å². The van der Waals surface area contributed by atoms with Crippen LogP contribution in [0.25, 0.3) is 0 Å². The maximum Gasteiger partial charge on any atom is 0.414 e. The molecule has 0 radical (unpaired) electrons. The lowest BCUT2D eigenvalue weighted by Crippen LogP contribution is -2.33. The highest BCUT2D eigenvalue weighted by Gasteiger charge is 2.37. The number of nitrogens with zero attached hydrogens (tertiary/aromatic N) is 2. The van der Waals surface area contributed by atoms with Gasteiger partial charge in [-0.3, -0.25) is 14.5 Å². The summed E-state index contributed by atoms with van der Waals surface area (Å²) in [6, 6.07) is 0.868. The largest absolute Gasteiger partial charge is 0.442 e. The molecular formula is C20H23F2N3O4. The number of ether oxygens (including phenoxy) is 1. The van der Waals surface area contributed by atoms with Gasteiger partial charge in [-0.2, -0.15) is 0 Å². The summed E-state index contributed by atoms with van der Waals surface area (Å²) in [5.74, 6) is -2.49. The fourth-order valence-corrected chi connectivity index (χ4v) is 3.59. The number of amides is 2. The summed E-state index contributed by atoms with van der Waals surface area (Å²) in [6.45, 7) is 1.36. The van der Waals surface area contributed by atoms with Crippen molar-refractivity contribution in [3.8, 4) is 0 Å². The Bertz CT molecular complexity index is 898. The number of halogens is 2.